The molecule has 2 aromatic carbocycles. The average molecular weight is 459 g/mol. The normalized spacial score (nSPS) is 27.9. The van der Waals surface area contributed by atoms with Gasteiger partial charge in [-0.3, -0.25) is 15.0 Å². The van der Waals surface area contributed by atoms with Gasteiger partial charge in [0.05, 0.1) is 5.92 Å². The Morgan fingerprint density at radius 2 is 1.62 bits per heavy atom. The maximum absolute atomic E-state index is 12.5. The van der Waals surface area contributed by atoms with Crippen molar-refractivity contribution in [3.8, 4) is 11.5 Å². The van der Waals surface area contributed by atoms with Crippen LogP contribution in [0.1, 0.15) is 18.1 Å². The van der Waals surface area contributed by atoms with Crippen LogP contribution in [-0.2, 0) is 9.53 Å². The molecule has 0 saturated carbocycles. The first-order valence-electron chi connectivity index (χ1n) is 10.7. The number of alkyl halides is 1. The van der Waals surface area contributed by atoms with E-state index < -0.39 is 29.8 Å². The molecule has 0 radical (unpaired) electrons. The minimum atomic E-state index is -0.755. The fourth-order valence-electron chi connectivity index (χ4n) is 3.79. The van der Waals surface area contributed by atoms with E-state index in [-0.39, 0.29) is 25.0 Å². The number of nitrogens with zero attached hydrogens (tertiary/aromatic N) is 1. The van der Waals surface area contributed by atoms with Crippen LogP contribution in [0.5, 0.6) is 11.5 Å². The zero-order valence-corrected chi connectivity index (χ0v) is 19.0. The second kappa shape index (κ2) is 9.38. The summed E-state index contributed by atoms with van der Waals surface area (Å²) in [5, 5.41) is 1.70. The second-order valence-electron chi connectivity index (χ2n) is 8.38. The van der Waals surface area contributed by atoms with Gasteiger partial charge in [0, 0.05) is 6.54 Å². The molecular formula is C24H27ClN2O5. The van der Waals surface area contributed by atoms with Gasteiger partial charge in [0.1, 0.15) is 35.7 Å². The molecule has 2 aliphatic heterocycles. The summed E-state index contributed by atoms with van der Waals surface area (Å²) in [6.07, 6.45) is -1.84. The summed E-state index contributed by atoms with van der Waals surface area (Å²) < 4.78 is 18.3. The summed E-state index contributed by atoms with van der Waals surface area (Å²) in [6, 6.07) is 14.9. The molecule has 0 spiro atoms. The van der Waals surface area contributed by atoms with E-state index in [0.717, 1.165) is 11.1 Å². The Kier molecular flexibility index (Phi) is 6.58. The molecule has 2 aliphatic rings. The Morgan fingerprint density at radius 3 is 2.25 bits per heavy atom. The van der Waals surface area contributed by atoms with Crippen LogP contribution in [0.15, 0.2) is 48.5 Å². The van der Waals surface area contributed by atoms with Crippen LogP contribution in [0.4, 0.5) is 4.79 Å². The second-order valence-corrected chi connectivity index (χ2v) is 8.88. The summed E-state index contributed by atoms with van der Waals surface area (Å²) in [5.41, 5.74) is 2.25. The lowest BCUT2D eigenvalue weighted by molar-refractivity contribution is -0.128. The molecule has 2 saturated heterocycles. The molecule has 32 heavy (non-hydrogen) atoms. The molecule has 8 heteroatoms. The minimum absolute atomic E-state index is 0.198. The lowest BCUT2D eigenvalue weighted by atomic mass is 10.1. The summed E-state index contributed by atoms with van der Waals surface area (Å²) >= 11 is 6.79. The first-order chi connectivity index (χ1) is 15.3. The SMILES string of the molecule is Cc1ccc(OC[C@H]2O[C@@H](N3CC(C)C(=O)NC3=O)[C@H](Cl)[C@@H]2Oc2ccc(C)cc2)cc1. The van der Waals surface area contributed by atoms with Crippen LogP contribution in [0, 0.1) is 19.8 Å². The number of hydrogen-bond donors (Lipinski definition) is 1. The van der Waals surface area contributed by atoms with Gasteiger partial charge in [0.2, 0.25) is 5.91 Å². The zero-order valence-electron chi connectivity index (χ0n) is 18.3. The molecule has 4 rings (SSSR count). The third kappa shape index (κ3) is 4.84. The van der Waals surface area contributed by atoms with E-state index in [0.29, 0.717) is 11.5 Å². The first-order valence-corrected chi connectivity index (χ1v) is 11.1. The number of benzene rings is 2. The van der Waals surface area contributed by atoms with Gasteiger partial charge < -0.3 is 14.2 Å². The predicted molar refractivity (Wildman–Crippen MR) is 120 cm³/mol. The number of hydrogen-bond acceptors (Lipinski definition) is 5. The highest BCUT2D eigenvalue weighted by molar-refractivity contribution is 6.21. The number of carbonyl (C=O) groups is 2. The van der Waals surface area contributed by atoms with Gasteiger partial charge in [0.15, 0.2) is 6.23 Å². The largest absolute Gasteiger partial charge is 0.491 e. The summed E-state index contributed by atoms with van der Waals surface area (Å²) in [6.45, 7) is 6.18. The van der Waals surface area contributed by atoms with Gasteiger partial charge >= 0.3 is 6.03 Å². The predicted octanol–water partition coefficient (Wildman–Crippen LogP) is 3.65. The van der Waals surface area contributed by atoms with Gasteiger partial charge in [0.25, 0.3) is 0 Å². The molecule has 1 unspecified atom stereocenters. The van der Waals surface area contributed by atoms with Crippen molar-refractivity contribution in [3.05, 3.63) is 59.7 Å². The van der Waals surface area contributed by atoms with Crippen molar-refractivity contribution in [1.82, 2.24) is 10.2 Å². The fourth-order valence-corrected chi connectivity index (χ4v) is 4.20. The van der Waals surface area contributed by atoms with Gasteiger partial charge in [-0.1, -0.05) is 42.3 Å². The highest BCUT2D eigenvalue weighted by Crippen LogP contribution is 2.33. The topological polar surface area (TPSA) is 77.1 Å². The number of rotatable bonds is 6. The molecule has 2 aromatic rings. The highest BCUT2D eigenvalue weighted by atomic mass is 35.5. The molecule has 170 valence electrons. The van der Waals surface area contributed by atoms with Crippen molar-refractivity contribution in [3.63, 3.8) is 0 Å². The number of ether oxygens (including phenoxy) is 3. The van der Waals surface area contributed by atoms with Crippen LogP contribution >= 0.6 is 11.6 Å². The zero-order chi connectivity index (χ0) is 22.8. The van der Waals surface area contributed by atoms with Gasteiger partial charge in [-0.25, -0.2) is 4.79 Å². The van der Waals surface area contributed by atoms with Crippen molar-refractivity contribution >= 4 is 23.5 Å². The third-order valence-corrected chi connectivity index (χ3v) is 6.18. The standard InChI is InChI=1S/C24H27ClN2O5/c1-14-4-8-17(9-5-14)30-13-19-21(31-18-10-6-15(2)7-11-18)20(25)23(32-19)27-12-16(3)22(28)26-24(27)29/h4-11,16,19-21,23H,12-13H2,1-3H3,(H,26,28,29)/t16?,19-,20-,21-,23-/m1/s1. The number of imide groups is 1. The number of halogens is 1. The van der Waals surface area contributed by atoms with Gasteiger partial charge in [-0.2, -0.15) is 0 Å². The van der Waals surface area contributed by atoms with E-state index in [1.54, 1.807) is 6.92 Å². The number of nitrogens with one attached hydrogen (secondary N) is 1. The molecule has 2 fully saturated rings. The third-order valence-electron chi connectivity index (χ3n) is 5.71. The Bertz CT molecular complexity index is 965. The Hall–Kier alpha value is -2.77. The van der Waals surface area contributed by atoms with E-state index in [2.05, 4.69) is 5.32 Å². The lowest BCUT2D eigenvalue weighted by Gasteiger charge is -2.35. The van der Waals surface area contributed by atoms with Crippen molar-refractivity contribution < 1.29 is 23.8 Å². The van der Waals surface area contributed by atoms with Crippen molar-refractivity contribution in [2.24, 2.45) is 5.92 Å². The summed E-state index contributed by atoms with van der Waals surface area (Å²) in [5.74, 6) is 0.696. The van der Waals surface area contributed by atoms with Crippen LogP contribution in [0.3, 0.4) is 0 Å². The maximum Gasteiger partial charge on any atom is 0.326 e. The minimum Gasteiger partial charge on any atom is -0.491 e. The number of amides is 3. The molecule has 1 N–H and O–H groups in total. The number of urea groups is 1. The summed E-state index contributed by atoms with van der Waals surface area (Å²) in [4.78, 5) is 25.8. The molecule has 0 aliphatic carbocycles. The van der Waals surface area contributed by atoms with E-state index in [1.807, 2.05) is 62.4 Å². The molecule has 7 nitrogen and oxygen atoms in total. The van der Waals surface area contributed by atoms with E-state index in [9.17, 15) is 9.59 Å². The average Bonchev–Trinajstić information content (AvgIpc) is 3.07. The van der Waals surface area contributed by atoms with E-state index in [4.69, 9.17) is 25.8 Å². The molecular weight excluding hydrogens is 432 g/mol. The number of carbonyl (C=O) groups excluding carboxylic acids is 2. The van der Waals surface area contributed by atoms with Gasteiger partial charge in [-0.05, 0) is 38.1 Å². The van der Waals surface area contributed by atoms with Crippen LogP contribution < -0.4 is 14.8 Å². The van der Waals surface area contributed by atoms with E-state index in [1.165, 1.54) is 4.90 Å². The van der Waals surface area contributed by atoms with Crippen LogP contribution in [0.25, 0.3) is 0 Å². The highest BCUT2D eigenvalue weighted by Gasteiger charge is 2.51. The first kappa shape index (κ1) is 22.4. The molecule has 3 amide bonds. The maximum atomic E-state index is 12.5. The molecule has 2 heterocycles. The van der Waals surface area contributed by atoms with Crippen molar-refractivity contribution in [2.45, 2.75) is 44.6 Å². The van der Waals surface area contributed by atoms with Crippen molar-refractivity contribution in [1.29, 1.82) is 0 Å². The molecule has 0 aromatic heterocycles. The Morgan fingerprint density at radius 1 is 1.03 bits per heavy atom. The van der Waals surface area contributed by atoms with Crippen molar-refractivity contribution in [2.75, 3.05) is 13.2 Å². The summed E-state index contributed by atoms with van der Waals surface area (Å²) in [7, 11) is 0. The Labute approximate surface area is 192 Å². The number of aryl methyl sites for hydroxylation is 2. The van der Waals surface area contributed by atoms with Crippen LogP contribution in [0.2, 0.25) is 0 Å². The van der Waals surface area contributed by atoms with E-state index >= 15 is 0 Å². The fraction of sp³-hybridized carbons (Fsp3) is 0.417. The Balaban J connectivity index is 1.53. The molecule has 0 bridgehead atoms. The van der Waals surface area contributed by atoms with Crippen LogP contribution in [-0.4, -0.2) is 53.8 Å². The smallest absolute Gasteiger partial charge is 0.326 e. The monoisotopic (exact) mass is 458 g/mol. The lowest BCUT2D eigenvalue weighted by Crippen LogP contribution is -2.59. The van der Waals surface area contributed by atoms with Gasteiger partial charge in [-0.15, -0.1) is 11.6 Å². The molecule has 5 atom stereocenters. The quantitative estimate of drug-likeness (QED) is 0.668.